The molecule has 5 rings (SSSR count). The van der Waals surface area contributed by atoms with Gasteiger partial charge in [0.25, 0.3) is 0 Å². The van der Waals surface area contributed by atoms with Gasteiger partial charge in [0.15, 0.2) is 38.8 Å². The van der Waals surface area contributed by atoms with Crippen LogP contribution in [0.2, 0.25) is 25.7 Å². The molecule has 5 aromatic rings. The number of nitrogens with zero attached hydrogens (tertiary/aromatic N) is 8. The van der Waals surface area contributed by atoms with Gasteiger partial charge in [-0.15, -0.1) is 21.5 Å². The van der Waals surface area contributed by atoms with Gasteiger partial charge in [0.1, 0.15) is 12.3 Å². The van der Waals surface area contributed by atoms with Crippen molar-refractivity contribution in [1.82, 2.24) is 29.5 Å². The van der Waals surface area contributed by atoms with Crippen molar-refractivity contribution in [1.29, 1.82) is 0 Å². The first-order valence-corrected chi connectivity index (χ1v) is 26.7. The van der Waals surface area contributed by atoms with Crippen molar-refractivity contribution in [2.24, 2.45) is 4.99 Å². The summed E-state index contributed by atoms with van der Waals surface area (Å²) >= 11 is 2.93. The van der Waals surface area contributed by atoms with Crippen LogP contribution in [0.5, 0.6) is 5.75 Å². The number of ether oxygens (including phenoxy) is 4. The van der Waals surface area contributed by atoms with Crippen molar-refractivity contribution < 1.29 is 32.9 Å². The summed E-state index contributed by atoms with van der Waals surface area (Å²) in [7, 11) is 4.18. The molecule has 14 nitrogen and oxygen atoms in total. The van der Waals surface area contributed by atoms with Crippen LogP contribution < -0.4 is 14.4 Å². The third kappa shape index (κ3) is 14.7. The maximum absolute atomic E-state index is 15.1. The van der Waals surface area contributed by atoms with Gasteiger partial charge in [-0.2, -0.15) is 4.99 Å². The molecular weight excluding hydrogens is 872 g/mol. The fourth-order valence-electron chi connectivity index (χ4n) is 5.92. The number of para-hydroxylation sites is 1. The van der Waals surface area contributed by atoms with Crippen molar-refractivity contribution in [3.63, 3.8) is 0 Å². The molecule has 1 amide bonds. The van der Waals surface area contributed by atoms with Crippen LogP contribution in [-0.4, -0.2) is 116 Å². The molecule has 3 aromatic heterocycles. The quantitative estimate of drug-likeness (QED) is 0.0340. The number of aromatic nitrogens is 4. The Morgan fingerprint density at radius 3 is 2.47 bits per heavy atom. The second-order valence-electron chi connectivity index (χ2n) is 17.5. The summed E-state index contributed by atoms with van der Waals surface area (Å²) in [6, 6.07) is 15.8. The number of hydrogen-bond donors (Lipinski definition) is 0. The maximum Gasteiger partial charge on any atom is 0.410 e. The van der Waals surface area contributed by atoms with Gasteiger partial charge in [0.2, 0.25) is 0 Å². The minimum absolute atomic E-state index is 0.111. The van der Waals surface area contributed by atoms with E-state index in [2.05, 4.69) is 63.4 Å². The highest BCUT2D eigenvalue weighted by molar-refractivity contribution is 7.16. The fourth-order valence-corrected chi connectivity index (χ4v) is 8.76. The Balaban J connectivity index is 1.20. The number of amides is 1. The van der Waals surface area contributed by atoms with Gasteiger partial charge in [-0.05, 0) is 103 Å². The van der Waals surface area contributed by atoms with Gasteiger partial charge in [-0.3, -0.25) is 9.47 Å². The van der Waals surface area contributed by atoms with Crippen LogP contribution >= 0.6 is 22.7 Å². The average Bonchev–Trinajstić information content (AvgIpc) is 3.81. The molecule has 0 atom stereocenters. The van der Waals surface area contributed by atoms with E-state index >= 15 is 4.39 Å². The molecule has 0 saturated carbocycles. The lowest BCUT2D eigenvalue weighted by atomic mass is 10.2. The number of halogens is 1. The number of carbonyl (C=O) groups is 2. The van der Waals surface area contributed by atoms with Crippen LogP contribution in [0.3, 0.4) is 0 Å². The van der Waals surface area contributed by atoms with Gasteiger partial charge in [-0.25, -0.2) is 19.0 Å². The normalized spacial score (nSPS) is 12.0. The number of fused-ring (bicyclic) bond motifs is 1. The number of hydrogen-bond acceptors (Lipinski definition) is 14. The van der Waals surface area contributed by atoms with Crippen LogP contribution in [-0.2, 0) is 27.4 Å². The second kappa shape index (κ2) is 22.6. The van der Waals surface area contributed by atoms with E-state index in [0.29, 0.717) is 73.0 Å². The molecular formula is C46H61FN8O6S2Si. The first-order valence-electron chi connectivity index (χ1n) is 21.3. The van der Waals surface area contributed by atoms with E-state index in [1.165, 1.54) is 22.3 Å². The zero-order chi connectivity index (χ0) is 46.6. The van der Waals surface area contributed by atoms with Crippen molar-refractivity contribution >= 4 is 69.8 Å². The van der Waals surface area contributed by atoms with E-state index in [-0.39, 0.29) is 30.8 Å². The van der Waals surface area contributed by atoms with Gasteiger partial charge in [0, 0.05) is 52.3 Å². The Morgan fingerprint density at radius 1 is 1.00 bits per heavy atom. The molecule has 0 spiro atoms. The molecule has 0 saturated heterocycles. The molecule has 0 aliphatic carbocycles. The molecule has 3 heterocycles. The zero-order valence-electron chi connectivity index (χ0n) is 38.9. The lowest BCUT2D eigenvalue weighted by molar-refractivity contribution is 0.0288. The van der Waals surface area contributed by atoms with E-state index < -0.39 is 25.5 Å². The van der Waals surface area contributed by atoms with E-state index in [4.69, 9.17) is 23.9 Å². The SMILES string of the molecule is CCOC(=O)c1nc(N(C)c2cc(C)c(/N=c3\sc4ccccc4n3COCC[Si](C)(C)C)nn2)sc1CCCOc1ccc(C#CCN(C)CCN(C)C(=O)OC(C)(C)C)cc1F. The molecule has 18 heteroatoms. The predicted molar refractivity (Wildman–Crippen MR) is 256 cm³/mol. The lowest BCUT2D eigenvalue weighted by Crippen LogP contribution is -2.38. The molecule has 2 aromatic carbocycles. The molecule has 0 radical (unpaired) electrons. The van der Waals surface area contributed by atoms with E-state index in [0.717, 1.165) is 26.6 Å². The van der Waals surface area contributed by atoms with Crippen LogP contribution in [0, 0.1) is 24.6 Å². The van der Waals surface area contributed by atoms with Gasteiger partial charge in [-0.1, -0.05) is 55.0 Å². The monoisotopic (exact) mass is 932 g/mol. The van der Waals surface area contributed by atoms with Crippen LogP contribution in [0.4, 0.5) is 26.0 Å². The highest BCUT2D eigenvalue weighted by Crippen LogP contribution is 2.32. The van der Waals surface area contributed by atoms with Crippen LogP contribution in [0.25, 0.3) is 10.2 Å². The second-order valence-corrected chi connectivity index (χ2v) is 25.2. The number of likely N-dealkylation sites (N-methyl/N-ethyl adjacent to an activating group) is 2. The first kappa shape index (κ1) is 49.8. The third-order valence-electron chi connectivity index (χ3n) is 9.58. The van der Waals surface area contributed by atoms with Gasteiger partial charge >= 0.3 is 12.1 Å². The van der Waals surface area contributed by atoms with Gasteiger partial charge in [0.05, 0.1) is 30.0 Å². The maximum atomic E-state index is 15.1. The zero-order valence-corrected chi connectivity index (χ0v) is 41.5. The molecule has 64 heavy (non-hydrogen) atoms. The van der Waals surface area contributed by atoms with Crippen molar-refractivity contribution in [3.8, 4) is 17.6 Å². The number of aryl methyl sites for hydroxylation is 2. The Hall–Kier alpha value is -5.19. The Kier molecular flexibility index (Phi) is 17.6. The number of carbonyl (C=O) groups excluding carboxylic acids is 2. The average molecular weight is 933 g/mol. The molecule has 344 valence electrons. The predicted octanol–water partition coefficient (Wildman–Crippen LogP) is 9.05. The number of rotatable bonds is 19. The van der Waals surface area contributed by atoms with Crippen molar-refractivity contribution in [3.05, 3.63) is 80.8 Å². The van der Waals surface area contributed by atoms with E-state index in [1.54, 1.807) is 42.3 Å². The summed E-state index contributed by atoms with van der Waals surface area (Å²) in [6.07, 6.45) is 0.561. The summed E-state index contributed by atoms with van der Waals surface area (Å²) < 4.78 is 40.9. The summed E-state index contributed by atoms with van der Waals surface area (Å²) in [5, 5.41) is 9.57. The Labute approximate surface area is 385 Å². The van der Waals surface area contributed by atoms with Crippen molar-refractivity contribution in [2.75, 3.05) is 65.5 Å². The van der Waals surface area contributed by atoms with Gasteiger partial charge < -0.3 is 28.7 Å². The smallest absolute Gasteiger partial charge is 0.410 e. The molecule has 0 aliphatic heterocycles. The molecule has 0 fully saturated rings. The largest absolute Gasteiger partial charge is 0.491 e. The first-order chi connectivity index (χ1) is 30.3. The molecule has 0 unspecified atom stereocenters. The van der Waals surface area contributed by atoms with Crippen LogP contribution in [0.15, 0.2) is 53.5 Å². The van der Waals surface area contributed by atoms with E-state index in [1.807, 2.05) is 64.9 Å². The van der Waals surface area contributed by atoms with E-state index in [9.17, 15) is 9.59 Å². The standard InChI is InChI=1S/C46H61FN8O6S2Si/c1-12-59-42(56)40-38(20-16-26-60-36-22-21-33(30-34(36)47)17-15-23-52(6)24-25-53(7)45(57)61-46(3,4)5)63-43(48-40)54(8)39-29-32(2)41(51-50-39)49-44-55(31-58-27-28-64(9,10)11)35-18-13-14-19-37(35)62-44/h13-14,18-19,21-22,29-30H,12,16,20,23-28,31H2,1-11H3/b49-44-. The topological polar surface area (TPSA) is 137 Å². The number of thiazole rings is 2. The van der Waals surface area contributed by atoms with Crippen molar-refractivity contribution in [2.45, 2.75) is 85.5 Å². The summed E-state index contributed by atoms with van der Waals surface area (Å²) in [4.78, 5) is 41.6. The fraction of sp³-hybridized carbons (Fsp3) is 0.478. The third-order valence-corrected chi connectivity index (χ3v) is 13.5. The Morgan fingerprint density at radius 2 is 1.77 bits per heavy atom. The Bertz CT molecular complexity index is 2520. The summed E-state index contributed by atoms with van der Waals surface area (Å²) in [5.74, 6) is 6.15. The number of esters is 1. The summed E-state index contributed by atoms with van der Waals surface area (Å²) in [5.41, 5.74) is 2.05. The highest BCUT2D eigenvalue weighted by Gasteiger charge is 2.23. The molecule has 0 bridgehead atoms. The minimum Gasteiger partial charge on any atom is -0.491 e. The van der Waals surface area contributed by atoms with Crippen LogP contribution in [0.1, 0.15) is 60.6 Å². The minimum atomic E-state index is -1.23. The highest BCUT2D eigenvalue weighted by atomic mass is 32.1. The summed E-state index contributed by atoms with van der Waals surface area (Å²) in [6.45, 7) is 19.2. The number of anilines is 2. The lowest BCUT2D eigenvalue weighted by Gasteiger charge is -2.25. The molecule has 0 N–H and O–H groups in total. The number of benzene rings is 2. The molecule has 0 aliphatic rings.